The van der Waals surface area contributed by atoms with E-state index in [4.69, 9.17) is 9.47 Å². The molecule has 0 unspecified atom stereocenters. The minimum absolute atomic E-state index is 0.0707. The van der Waals surface area contributed by atoms with E-state index in [9.17, 15) is 31.2 Å². The number of alkyl halides is 3. The SMILES string of the molecule is CC(C)(C)OC(=O)Nc1c(I)cc(I)c(C(=O)OCCNS(=O)(=O)C(F)(F)F)c1I. The highest BCUT2D eigenvalue weighted by molar-refractivity contribution is 14.1. The van der Waals surface area contributed by atoms with Crippen molar-refractivity contribution in [3.63, 3.8) is 0 Å². The van der Waals surface area contributed by atoms with Crippen LogP contribution in [0.2, 0.25) is 0 Å². The van der Waals surface area contributed by atoms with Gasteiger partial charge in [-0.1, -0.05) is 0 Å². The molecule has 0 aliphatic heterocycles. The van der Waals surface area contributed by atoms with Crippen molar-refractivity contribution in [1.29, 1.82) is 0 Å². The Labute approximate surface area is 211 Å². The minimum Gasteiger partial charge on any atom is -0.461 e. The van der Waals surface area contributed by atoms with Crippen LogP contribution < -0.4 is 10.0 Å². The molecule has 0 aromatic heterocycles. The molecule has 1 aromatic carbocycles. The Balaban J connectivity index is 2.93. The number of ether oxygens (including phenoxy) is 2. The number of halogens is 6. The van der Waals surface area contributed by atoms with E-state index in [-0.39, 0.29) is 5.56 Å². The summed E-state index contributed by atoms with van der Waals surface area (Å²) in [6.07, 6.45) is -0.736. The van der Waals surface area contributed by atoms with Crippen LogP contribution in [0.3, 0.4) is 0 Å². The fourth-order valence-electron chi connectivity index (χ4n) is 1.77. The summed E-state index contributed by atoms with van der Waals surface area (Å²) < 4.78 is 71.5. The van der Waals surface area contributed by atoms with Crippen molar-refractivity contribution in [3.05, 3.63) is 22.3 Å². The molecule has 0 atom stereocenters. The molecule has 0 fully saturated rings. The molecule has 0 heterocycles. The first-order valence-corrected chi connectivity index (χ1v) is 12.6. The lowest BCUT2D eigenvalue weighted by molar-refractivity contribution is -0.0448. The maximum atomic E-state index is 12.4. The van der Waals surface area contributed by atoms with Gasteiger partial charge >= 0.3 is 27.6 Å². The van der Waals surface area contributed by atoms with Crippen molar-refractivity contribution in [2.45, 2.75) is 31.9 Å². The van der Waals surface area contributed by atoms with Gasteiger partial charge in [0.05, 0.1) is 14.8 Å². The number of nitrogens with one attached hydrogen (secondary N) is 2. The Morgan fingerprint density at radius 2 is 1.67 bits per heavy atom. The summed E-state index contributed by atoms with van der Waals surface area (Å²) in [5, 5.41) is 2.56. The van der Waals surface area contributed by atoms with E-state index >= 15 is 0 Å². The Hall–Kier alpha value is -0.150. The van der Waals surface area contributed by atoms with E-state index < -0.39 is 46.3 Å². The number of sulfonamides is 1. The number of hydrogen-bond acceptors (Lipinski definition) is 6. The zero-order chi connectivity index (χ0) is 23.5. The molecule has 30 heavy (non-hydrogen) atoms. The van der Waals surface area contributed by atoms with Gasteiger partial charge in [-0.15, -0.1) is 0 Å². The lowest BCUT2D eigenvalue weighted by atomic mass is 10.2. The number of carbonyl (C=O) groups is 2. The van der Waals surface area contributed by atoms with Crippen molar-refractivity contribution in [3.8, 4) is 0 Å². The summed E-state index contributed by atoms with van der Waals surface area (Å²) in [6.45, 7) is 3.68. The molecule has 0 spiro atoms. The average Bonchev–Trinajstić information content (AvgIpc) is 2.52. The minimum atomic E-state index is -5.52. The number of esters is 1. The van der Waals surface area contributed by atoms with Gasteiger partial charge in [0.2, 0.25) is 0 Å². The summed E-state index contributed by atoms with van der Waals surface area (Å²) in [5.41, 5.74) is -5.83. The van der Waals surface area contributed by atoms with Gasteiger partial charge in [0.1, 0.15) is 12.2 Å². The van der Waals surface area contributed by atoms with Crippen molar-refractivity contribution in [2.75, 3.05) is 18.5 Å². The number of benzene rings is 1. The summed E-state index contributed by atoms with van der Waals surface area (Å²) in [4.78, 5) is 24.5. The Morgan fingerprint density at radius 3 is 2.17 bits per heavy atom. The quantitative estimate of drug-likeness (QED) is 0.251. The molecule has 8 nitrogen and oxygen atoms in total. The maximum Gasteiger partial charge on any atom is 0.511 e. The molecular weight excluding hydrogens is 774 g/mol. The predicted molar refractivity (Wildman–Crippen MR) is 128 cm³/mol. The topological polar surface area (TPSA) is 111 Å². The van der Waals surface area contributed by atoms with E-state index in [1.165, 1.54) is 4.72 Å². The Morgan fingerprint density at radius 1 is 1.10 bits per heavy atom. The molecule has 0 saturated heterocycles. The third-order valence-corrected chi connectivity index (χ3v) is 6.91. The molecule has 15 heteroatoms. The van der Waals surface area contributed by atoms with Gasteiger partial charge in [0.15, 0.2) is 0 Å². The van der Waals surface area contributed by atoms with Gasteiger partial charge in [0, 0.05) is 13.7 Å². The monoisotopic (exact) mass is 790 g/mol. The van der Waals surface area contributed by atoms with Gasteiger partial charge in [-0.3, -0.25) is 5.32 Å². The molecular formula is C15H16F3I3N2O6S. The van der Waals surface area contributed by atoms with Crippen LogP contribution in [0.25, 0.3) is 0 Å². The Kier molecular flexibility index (Phi) is 9.89. The van der Waals surface area contributed by atoms with E-state index in [0.29, 0.717) is 16.4 Å². The van der Waals surface area contributed by atoms with E-state index in [1.54, 1.807) is 26.8 Å². The van der Waals surface area contributed by atoms with Crippen LogP contribution in [0.5, 0.6) is 0 Å². The number of amides is 1. The van der Waals surface area contributed by atoms with Crippen molar-refractivity contribution < 1.29 is 40.7 Å². The van der Waals surface area contributed by atoms with Crippen molar-refractivity contribution in [1.82, 2.24) is 4.72 Å². The molecule has 2 N–H and O–H groups in total. The van der Waals surface area contributed by atoms with Crippen molar-refractivity contribution in [2.24, 2.45) is 0 Å². The highest BCUT2D eigenvalue weighted by atomic mass is 127. The summed E-state index contributed by atoms with van der Waals surface area (Å²) in [5.74, 6) is -0.890. The largest absolute Gasteiger partial charge is 0.511 e. The smallest absolute Gasteiger partial charge is 0.461 e. The second-order valence-corrected chi connectivity index (χ2v) is 11.7. The first kappa shape index (κ1) is 27.9. The predicted octanol–water partition coefficient (Wildman–Crippen LogP) is 4.44. The lowest BCUT2D eigenvalue weighted by Crippen LogP contribution is -2.38. The summed E-state index contributed by atoms with van der Waals surface area (Å²) >= 11 is 5.65. The fraction of sp³-hybridized carbons (Fsp3) is 0.467. The average molecular weight is 790 g/mol. The third-order valence-electron chi connectivity index (χ3n) is 2.93. The van der Waals surface area contributed by atoms with Crippen LogP contribution in [-0.4, -0.2) is 44.7 Å². The van der Waals surface area contributed by atoms with Gasteiger partial charge in [0.25, 0.3) is 0 Å². The van der Waals surface area contributed by atoms with Crippen molar-refractivity contribution >= 4 is 95.5 Å². The lowest BCUT2D eigenvalue weighted by Gasteiger charge is -2.21. The van der Waals surface area contributed by atoms with Gasteiger partial charge in [-0.25, -0.2) is 22.7 Å². The molecule has 0 radical (unpaired) electrons. The normalized spacial score (nSPS) is 12.4. The summed E-state index contributed by atoms with van der Waals surface area (Å²) in [6, 6.07) is 1.60. The molecule has 1 aromatic rings. The molecule has 170 valence electrons. The molecule has 0 saturated carbocycles. The standard InChI is InChI=1S/C15H16F3I3N2O6S/c1-14(2,3)29-13(25)23-11-8(20)6-7(19)9(10(11)21)12(24)28-5-4-22-30(26,27)15(16,17)18/h6,22H,4-5H2,1-3H3,(H,23,25). The molecule has 1 rings (SSSR count). The van der Waals surface area contributed by atoms with Crippen LogP contribution in [0.1, 0.15) is 31.1 Å². The molecule has 0 aliphatic carbocycles. The van der Waals surface area contributed by atoms with Crippen LogP contribution >= 0.6 is 67.8 Å². The molecule has 0 bridgehead atoms. The fourth-order valence-corrected chi connectivity index (χ4v) is 6.37. The van der Waals surface area contributed by atoms with Crippen LogP contribution in [-0.2, 0) is 19.5 Å². The molecule has 0 aliphatic rings. The Bertz CT molecular complexity index is 933. The zero-order valence-electron chi connectivity index (χ0n) is 15.6. The van der Waals surface area contributed by atoms with Crippen LogP contribution in [0.15, 0.2) is 6.07 Å². The number of hydrogen-bond donors (Lipinski definition) is 2. The van der Waals surface area contributed by atoms with Gasteiger partial charge in [-0.05, 0) is 94.6 Å². The number of anilines is 1. The van der Waals surface area contributed by atoms with E-state index in [1.807, 2.05) is 67.8 Å². The van der Waals surface area contributed by atoms with E-state index in [2.05, 4.69) is 5.32 Å². The first-order chi connectivity index (χ1) is 13.5. The van der Waals surface area contributed by atoms with E-state index in [0.717, 1.165) is 0 Å². The van der Waals surface area contributed by atoms with Crippen LogP contribution in [0, 0.1) is 10.7 Å². The highest BCUT2D eigenvalue weighted by Crippen LogP contribution is 2.32. The second-order valence-electron chi connectivity index (χ2n) is 6.51. The molecule has 1 amide bonds. The zero-order valence-corrected chi connectivity index (χ0v) is 22.9. The number of rotatable bonds is 6. The maximum absolute atomic E-state index is 12.4. The number of carbonyl (C=O) groups excluding carboxylic acids is 2. The van der Waals surface area contributed by atoms with Gasteiger partial charge < -0.3 is 9.47 Å². The van der Waals surface area contributed by atoms with Gasteiger partial charge in [-0.2, -0.15) is 13.2 Å². The highest BCUT2D eigenvalue weighted by Gasteiger charge is 2.45. The summed E-state index contributed by atoms with van der Waals surface area (Å²) in [7, 11) is -5.52. The second kappa shape index (κ2) is 10.6. The van der Waals surface area contributed by atoms with Crippen LogP contribution in [0.4, 0.5) is 23.7 Å². The third kappa shape index (κ3) is 8.08. The first-order valence-electron chi connectivity index (χ1n) is 7.87.